The lowest BCUT2D eigenvalue weighted by molar-refractivity contribution is -0.142. The lowest BCUT2D eigenvalue weighted by Gasteiger charge is -2.31. The number of hydrogen-bond donors (Lipinski definition) is 2. The first-order valence-corrected chi connectivity index (χ1v) is 11.0. The maximum atomic E-state index is 15.3. The van der Waals surface area contributed by atoms with Gasteiger partial charge in [0.25, 0.3) is 5.91 Å². The first-order chi connectivity index (χ1) is 17.8. The first kappa shape index (κ1) is 26.5. The normalized spacial score (nSPS) is 12.9. The lowest BCUT2D eigenvalue weighted by atomic mass is 10.0. The molecular weight excluding hydrogens is 510 g/mol. The third-order valence-corrected chi connectivity index (χ3v) is 5.64. The molecule has 0 saturated carbocycles. The second-order valence-corrected chi connectivity index (χ2v) is 8.92. The van der Waals surface area contributed by atoms with Gasteiger partial charge in [0.05, 0.1) is 64.5 Å². The minimum absolute atomic E-state index is 0.0309. The van der Waals surface area contributed by atoms with E-state index in [9.17, 15) is 23.1 Å². The number of carbonyl (C=O) groups excluding carboxylic acids is 1. The van der Waals surface area contributed by atoms with Crippen molar-refractivity contribution in [2.24, 2.45) is 5.73 Å². The first-order valence-electron chi connectivity index (χ1n) is 11.0. The summed E-state index contributed by atoms with van der Waals surface area (Å²) in [7, 11) is 0. The predicted molar refractivity (Wildman–Crippen MR) is 126 cm³/mol. The van der Waals surface area contributed by atoms with Crippen molar-refractivity contribution in [1.82, 2.24) is 29.4 Å². The molecule has 4 aromatic rings. The van der Waals surface area contributed by atoms with Gasteiger partial charge in [-0.25, -0.2) is 13.9 Å². The molecule has 4 aromatic heterocycles. The fraction of sp³-hybridized carbons (Fsp3) is 0.304. The molecule has 0 aliphatic heterocycles. The number of halogens is 4. The number of nitrogens with zero attached hydrogens (tertiary/aromatic N) is 8. The number of hydrogen-bond acceptors (Lipinski definition) is 8. The van der Waals surface area contributed by atoms with Crippen molar-refractivity contribution in [2.75, 3.05) is 11.4 Å². The van der Waals surface area contributed by atoms with E-state index in [0.29, 0.717) is 4.68 Å². The van der Waals surface area contributed by atoms with E-state index in [2.05, 4.69) is 20.2 Å². The molecule has 0 bridgehead atoms. The molecular formula is C23H21F4N9O2. The highest BCUT2D eigenvalue weighted by Gasteiger charge is 2.35. The molecule has 4 heterocycles. The van der Waals surface area contributed by atoms with Crippen molar-refractivity contribution >= 4 is 22.9 Å². The van der Waals surface area contributed by atoms with Gasteiger partial charge in [-0.2, -0.15) is 28.6 Å². The van der Waals surface area contributed by atoms with Crippen LogP contribution in [0, 0.1) is 11.3 Å². The highest BCUT2D eigenvalue weighted by molar-refractivity contribution is 6.00. The maximum absolute atomic E-state index is 15.3. The molecule has 0 aromatic carbocycles. The van der Waals surface area contributed by atoms with E-state index in [0.717, 1.165) is 12.4 Å². The van der Waals surface area contributed by atoms with Crippen LogP contribution >= 0.6 is 0 Å². The molecule has 4 rings (SSSR count). The Morgan fingerprint density at radius 1 is 1.21 bits per heavy atom. The van der Waals surface area contributed by atoms with Crippen LogP contribution in [0.15, 0.2) is 43.2 Å². The minimum atomic E-state index is -4.68. The summed E-state index contributed by atoms with van der Waals surface area (Å²) >= 11 is 0. The van der Waals surface area contributed by atoms with Crippen LogP contribution in [0.1, 0.15) is 29.8 Å². The molecule has 11 nitrogen and oxygen atoms in total. The van der Waals surface area contributed by atoms with E-state index in [1.54, 1.807) is 0 Å². The van der Waals surface area contributed by atoms with E-state index in [4.69, 9.17) is 11.0 Å². The van der Waals surface area contributed by atoms with Crippen molar-refractivity contribution in [3.05, 3.63) is 54.4 Å². The van der Waals surface area contributed by atoms with Crippen LogP contribution in [0.3, 0.4) is 0 Å². The van der Waals surface area contributed by atoms with Crippen LogP contribution in [0.2, 0.25) is 0 Å². The molecule has 1 atom stereocenters. The fourth-order valence-corrected chi connectivity index (χ4v) is 3.76. The van der Waals surface area contributed by atoms with E-state index in [1.165, 1.54) is 54.1 Å². The zero-order chi connectivity index (χ0) is 27.8. The number of nitrogens with two attached hydrogens (primary N) is 1. The third-order valence-electron chi connectivity index (χ3n) is 5.64. The molecule has 3 N–H and O–H groups in total. The number of pyridine rings is 1. The molecule has 1 amide bonds. The Morgan fingerprint density at radius 2 is 1.95 bits per heavy atom. The largest absolute Gasteiger partial charge is 0.408 e. The van der Waals surface area contributed by atoms with Crippen LogP contribution in [0.5, 0.6) is 0 Å². The standard InChI is InChI=1S/C23H21F4N9O2/c1-22(2,38)18(24)11-34(16-3-4-30-7-14(16)20(29)37)17-9-33-36(12-23(25,26)27)19(17)15-8-32-35-10-13(5-28)6-31-21(15)35/h3-4,6-10,18,38H,11-12H2,1-2H3,(H2,29,37)/t18-/m1/s1. The van der Waals surface area contributed by atoms with E-state index >= 15 is 4.39 Å². The number of aliphatic hydroxyl groups is 1. The summed E-state index contributed by atoms with van der Waals surface area (Å²) in [6.07, 6.45) is 0.702. The van der Waals surface area contributed by atoms with Crippen molar-refractivity contribution in [3.63, 3.8) is 0 Å². The quantitative estimate of drug-likeness (QED) is 0.330. The highest BCUT2D eigenvalue weighted by atomic mass is 19.4. The Bertz CT molecular complexity index is 1530. The molecule has 0 spiro atoms. The summed E-state index contributed by atoms with van der Waals surface area (Å²) < 4.78 is 57.7. The lowest BCUT2D eigenvalue weighted by Crippen LogP contribution is -2.41. The molecule has 0 fully saturated rings. The zero-order valence-corrected chi connectivity index (χ0v) is 20.1. The maximum Gasteiger partial charge on any atom is 0.408 e. The number of amides is 1. The number of nitriles is 1. The molecule has 15 heteroatoms. The molecule has 0 radical (unpaired) electrons. The molecule has 0 unspecified atom stereocenters. The van der Waals surface area contributed by atoms with Crippen LogP contribution < -0.4 is 10.6 Å². The van der Waals surface area contributed by atoms with Crippen LogP contribution in [-0.4, -0.2) is 64.9 Å². The van der Waals surface area contributed by atoms with Crippen LogP contribution in [-0.2, 0) is 6.54 Å². The number of anilines is 2. The van der Waals surface area contributed by atoms with Gasteiger partial charge in [-0.3, -0.25) is 14.5 Å². The third kappa shape index (κ3) is 5.25. The van der Waals surface area contributed by atoms with E-state index in [-0.39, 0.29) is 39.4 Å². The SMILES string of the molecule is CC(C)(O)[C@H](F)CN(c1ccncc1C(N)=O)c1cnn(CC(F)(F)F)c1-c1cnn2cc(C#N)cnc12. The summed E-state index contributed by atoms with van der Waals surface area (Å²) in [4.78, 5) is 21.4. The van der Waals surface area contributed by atoms with Crippen LogP contribution in [0.25, 0.3) is 16.9 Å². The van der Waals surface area contributed by atoms with Gasteiger partial charge in [-0.15, -0.1) is 0 Å². The average Bonchev–Trinajstić information content (AvgIpc) is 3.43. The Morgan fingerprint density at radius 3 is 2.58 bits per heavy atom. The van der Waals surface area contributed by atoms with Crippen molar-refractivity contribution < 1.29 is 27.5 Å². The Balaban J connectivity index is 2.00. The number of primary amides is 1. The molecule has 0 saturated heterocycles. The second kappa shape index (κ2) is 9.71. The van der Waals surface area contributed by atoms with Gasteiger partial charge in [0.15, 0.2) is 5.65 Å². The van der Waals surface area contributed by atoms with Crippen molar-refractivity contribution in [1.29, 1.82) is 5.26 Å². The Hall–Kier alpha value is -4.58. The van der Waals surface area contributed by atoms with Gasteiger partial charge in [0.2, 0.25) is 0 Å². The van der Waals surface area contributed by atoms with Gasteiger partial charge in [-0.05, 0) is 19.9 Å². The zero-order valence-electron chi connectivity index (χ0n) is 20.1. The van der Waals surface area contributed by atoms with E-state index in [1.807, 2.05) is 6.07 Å². The molecule has 198 valence electrons. The summed E-state index contributed by atoms with van der Waals surface area (Å²) in [6.45, 7) is 0.359. The number of rotatable bonds is 8. The van der Waals surface area contributed by atoms with Gasteiger partial charge in [0, 0.05) is 18.6 Å². The second-order valence-electron chi connectivity index (χ2n) is 8.92. The summed E-state index contributed by atoms with van der Waals surface area (Å²) in [5.74, 6) is -0.914. The summed E-state index contributed by atoms with van der Waals surface area (Å²) in [5.41, 5.74) is 3.70. The Labute approximate surface area is 212 Å². The fourth-order valence-electron chi connectivity index (χ4n) is 3.76. The molecule has 0 aliphatic carbocycles. The molecule has 38 heavy (non-hydrogen) atoms. The average molecular weight is 531 g/mol. The topological polar surface area (TPSA) is 151 Å². The number of aromatic nitrogens is 6. The minimum Gasteiger partial charge on any atom is -0.387 e. The summed E-state index contributed by atoms with van der Waals surface area (Å²) in [5, 5.41) is 27.4. The van der Waals surface area contributed by atoms with Crippen molar-refractivity contribution in [2.45, 2.75) is 38.3 Å². The highest BCUT2D eigenvalue weighted by Crippen LogP contribution is 2.39. The Kier molecular flexibility index (Phi) is 6.77. The van der Waals surface area contributed by atoms with Gasteiger partial charge < -0.3 is 15.7 Å². The van der Waals surface area contributed by atoms with Gasteiger partial charge in [-0.1, -0.05) is 0 Å². The van der Waals surface area contributed by atoms with Crippen LogP contribution in [0.4, 0.5) is 28.9 Å². The monoisotopic (exact) mass is 531 g/mol. The van der Waals surface area contributed by atoms with E-state index < -0.39 is 36.9 Å². The van der Waals surface area contributed by atoms with Crippen molar-refractivity contribution in [3.8, 4) is 17.3 Å². The van der Waals surface area contributed by atoms with Gasteiger partial charge in [0.1, 0.15) is 18.8 Å². The number of carbonyl (C=O) groups is 1. The molecule has 0 aliphatic rings. The number of fused-ring (bicyclic) bond motifs is 1. The smallest absolute Gasteiger partial charge is 0.387 e. The predicted octanol–water partition coefficient (Wildman–Crippen LogP) is 2.77. The summed E-state index contributed by atoms with van der Waals surface area (Å²) in [6, 6.07) is 3.24. The van der Waals surface area contributed by atoms with Gasteiger partial charge >= 0.3 is 6.18 Å². The number of alkyl halides is 4.